The lowest BCUT2D eigenvalue weighted by Gasteiger charge is -2.11. The van der Waals surface area contributed by atoms with E-state index in [0.717, 1.165) is 43.9 Å². The fourth-order valence-electron chi connectivity index (χ4n) is 2.30. The Kier molecular flexibility index (Phi) is 9.73. The molecule has 0 spiro atoms. The molecule has 0 fully saturated rings. The van der Waals surface area contributed by atoms with Gasteiger partial charge < -0.3 is 15.2 Å². The first-order valence-electron chi connectivity index (χ1n) is 8.71. The van der Waals surface area contributed by atoms with Gasteiger partial charge in [-0.2, -0.15) is 5.43 Å². The molecule has 2 rings (SSSR count). The van der Waals surface area contributed by atoms with Crippen LogP contribution in [0.4, 0.5) is 17.3 Å². The van der Waals surface area contributed by atoms with Crippen LogP contribution in [0.15, 0.2) is 30.6 Å². The summed E-state index contributed by atoms with van der Waals surface area (Å²) in [5.74, 6) is 0.994. The Hall–Kier alpha value is -2.34. The summed E-state index contributed by atoms with van der Waals surface area (Å²) in [5, 5.41) is 6.59. The monoisotopic (exact) mass is 414 g/mol. The molecule has 1 heterocycles. The first-order chi connectivity index (χ1) is 13.2. The zero-order valence-corrected chi connectivity index (χ0v) is 17.8. The predicted octanol–water partition coefficient (Wildman–Crippen LogP) is 0.711. The fraction of sp³-hybridized carbons (Fsp3) is 0.471. The van der Waals surface area contributed by atoms with Crippen molar-refractivity contribution in [3.63, 3.8) is 0 Å². The minimum absolute atomic E-state index is 0.808. The van der Waals surface area contributed by atoms with Crippen LogP contribution in [-0.4, -0.2) is 44.8 Å². The molecule has 0 unspecified atom stereocenters. The number of nitrogens with zero attached hydrogens (tertiary/aromatic N) is 2. The molecule has 0 aliphatic heterocycles. The molecule has 4 N–H and O–H groups in total. The van der Waals surface area contributed by atoms with Crippen LogP contribution in [0.2, 0.25) is 0 Å². The van der Waals surface area contributed by atoms with Crippen molar-refractivity contribution in [2.75, 3.05) is 43.4 Å². The summed E-state index contributed by atoms with van der Waals surface area (Å²) >= 11 is 0. The predicted molar refractivity (Wildman–Crippen MR) is 109 cm³/mol. The van der Waals surface area contributed by atoms with Gasteiger partial charge in [-0.1, -0.05) is 0 Å². The summed E-state index contributed by atoms with van der Waals surface area (Å²) in [6.07, 6.45) is 5.13. The van der Waals surface area contributed by atoms with Crippen LogP contribution >= 0.6 is 0 Å². The normalized spacial score (nSPS) is 10.8. The van der Waals surface area contributed by atoms with Gasteiger partial charge in [0.1, 0.15) is 0 Å². The second-order valence-corrected chi connectivity index (χ2v) is 7.23. The highest BCUT2D eigenvalue weighted by atomic mass is 32.3. The molecule has 10 nitrogen and oxygen atoms in total. The van der Waals surface area contributed by atoms with Crippen LogP contribution in [0.1, 0.15) is 12.0 Å². The van der Waals surface area contributed by atoms with Crippen molar-refractivity contribution in [1.82, 2.24) is 9.88 Å². The van der Waals surface area contributed by atoms with Crippen molar-refractivity contribution in [3.05, 3.63) is 36.2 Å². The van der Waals surface area contributed by atoms with Crippen molar-refractivity contribution >= 4 is 27.7 Å². The van der Waals surface area contributed by atoms with E-state index in [9.17, 15) is 13.0 Å². The fourth-order valence-corrected chi connectivity index (χ4v) is 2.30. The number of aryl methyl sites for hydroxylation is 3. The van der Waals surface area contributed by atoms with E-state index in [1.807, 2.05) is 42.7 Å². The molecule has 0 saturated heterocycles. The SMILES string of the molecule is CNCCCNc1ccc(NNc2n(C)cc[n+]2C)c(C)c1.COS(=O)(=O)[O-]. The van der Waals surface area contributed by atoms with E-state index >= 15 is 0 Å². The van der Waals surface area contributed by atoms with Crippen molar-refractivity contribution in [1.29, 1.82) is 0 Å². The Labute approximate surface area is 166 Å². The van der Waals surface area contributed by atoms with E-state index in [2.05, 4.69) is 50.8 Å². The number of hydrogen-bond acceptors (Lipinski definition) is 8. The molecule has 28 heavy (non-hydrogen) atoms. The van der Waals surface area contributed by atoms with Crippen LogP contribution in [0.25, 0.3) is 0 Å². The molecule has 1 aromatic carbocycles. The smallest absolute Gasteiger partial charge is 0.378 e. The number of benzene rings is 1. The second kappa shape index (κ2) is 11.5. The van der Waals surface area contributed by atoms with Crippen molar-refractivity contribution < 1.29 is 21.7 Å². The molecule has 0 aliphatic carbocycles. The lowest BCUT2D eigenvalue weighted by atomic mass is 10.2. The van der Waals surface area contributed by atoms with Crippen molar-refractivity contribution in [2.24, 2.45) is 14.1 Å². The topological polar surface area (TPSA) is 123 Å². The molecule has 0 radical (unpaired) electrons. The van der Waals surface area contributed by atoms with Crippen molar-refractivity contribution in [2.45, 2.75) is 13.3 Å². The molecule has 0 aliphatic rings. The number of imidazole rings is 1. The minimum Gasteiger partial charge on any atom is -0.726 e. The summed E-state index contributed by atoms with van der Waals surface area (Å²) in [6, 6.07) is 6.35. The summed E-state index contributed by atoms with van der Waals surface area (Å²) in [5.41, 5.74) is 9.94. The molecule has 1 aromatic heterocycles. The number of aromatic nitrogens is 2. The quantitative estimate of drug-likeness (QED) is 0.156. The van der Waals surface area contributed by atoms with E-state index in [-0.39, 0.29) is 0 Å². The standard InChI is InChI=1S/C16H26N6.CH4O4S/c1-13-12-14(18-9-5-8-17-2)6-7-15(13)19-20-16-21(3)10-11-22(16)4;1-5-6(2,3)4/h6-7,10-12,17-19H,5,8-9H2,1-4H3;1H3,(H,2,3,4). The lowest BCUT2D eigenvalue weighted by molar-refractivity contribution is -0.656. The Morgan fingerprint density at radius 2 is 1.93 bits per heavy atom. The van der Waals surface area contributed by atoms with Gasteiger partial charge in [0.05, 0.1) is 39.3 Å². The van der Waals surface area contributed by atoms with Gasteiger partial charge in [-0.15, -0.1) is 0 Å². The highest BCUT2D eigenvalue weighted by Gasteiger charge is 2.10. The van der Waals surface area contributed by atoms with Crippen LogP contribution in [0.3, 0.4) is 0 Å². The zero-order chi connectivity index (χ0) is 21.2. The minimum atomic E-state index is -4.41. The third kappa shape index (κ3) is 8.57. The van der Waals surface area contributed by atoms with Gasteiger partial charge in [-0.05, 0) is 50.7 Å². The van der Waals surface area contributed by atoms with Gasteiger partial charge in [-0.25, -0.2) is 17.6 Å². The molecule has 0 atom stereocenters. The van der Waals surface area contributed by atoms with Gasteiger partial charge in [0.15, 0.2) is 0 Å². The first kappa shape index (κ1) is 23.7. The maximum Gasteiger partial charge on any atom is 0.378 e. The molecular formula is C17H30N6O4S. The summed E-state index contributed by atoms with van der Waals surface area (Å²) in [4.78, 5) is 0. The third-order valence-corrected chi connectivity index (χ3v) is 4.26. The van der Waals surface area contributed by atoms with Crippen LogP contribution in [-0.2, 0) is 28.7 Å². The van der Waals surface area contributed by atoms with Gasteiger partial charge in [0, 0.05) is 12.2 Å². The maximum atomic E-state index is 9.22. The molecule has 0 bridgehead atoms. The van der Waals surface area contributed by atoms with E-state index in [0.29, 0.717) is 0 Å². The summed E-state index contributed by atoms with van der Waals surface area (Å²) < 4.78 is 35.1. The first-order valence-corrected chi connectivity index (χ1v) is 10.0. The maximum absolute atomic E-state index is 9.22. The van der Waals surface area contributed by atoms with Gasteiger partial charge in [0.25, 0.3) is 0 Å². The number of rotatable bonds is 9. The second-order valence-electron chi connectivity index (χ2n) is 6.08. The van der Waals surface area contributed by atoms with Crippen LogP contribution in [0, 0.1) is 6.92 Å². The molecular weight excluding hydrogens is 384 g/mol. The molecule has 11 heteroatoms. The average molecular weight is 415 g/mol. The largest absolute Gasteiger partial charge is 0.726 e. The average Bonchev–Trinajstić information content (AvgIpc) is 2.96. The van der Waals surface area contributed by atoms with Gasteiger partial charge in [-0.3, -0.25) is 9.61 Å². The number of nitrogens with one attached hydrogen (secondary N) is 4. The van der Waals surface area contributed by atoms with Crippen molar-refractivity contribution in [3.8, 4) is 0 Å². The Balaban J connectivity index is 0.000000568. The molecule has 0 saturated carbocycles. The summed E-state index contributed by atoms with van der Waals surface area (Å²) in [7, 11) is 2.39. The third-order valence-electron chi connectivity index (χ3n) is 3.85. The van der Waals surface area contributed by atoms with E-state index in [1.54, 1.807) is 0 Å². The highest BCUT2D eigenvalue weighted by Crippen LogP contribution is 2.19. The Morgan fingerprint density at radius 3 is 2.43 bits per heavy atom. The zero-order valence-electron chi connectivity index (χ0n) is 16.9. The molecule has 158 valence electrons. The van der Waals surface area contributed by atoms with Crippen LogP contribution in [0.5, 0.6) is 0 Å². The molecule has 2 aromatic rings. The van der Waals surface area contributed by atoms with E-state index in [4.69, 9.17) is 0 Å². The van der Waals surface area contributed by atoms with Gasteiger partial charge >= 0.3 is 5.95 Å². The highest BCUT2D eigenvalue weighted by molar-refractivity contribution is 7.80. The number of anilines is 3. The Bertz CT molecular complexity index is 819. The molecule has 0 amide bonds. The Morgan fingerprint density at radius 1 is 1.25 bits per heavy atom. The summed E-state index contributed by atoms with van der Waals surface area (Å²) in [6.45, 7) is 4.11. The number of hydrazine groups is 1. The number of hydrogen-bond donors (Lipinski definition) is 4. The van der Waals surface area contributed by atoms with Crippen LogP contribution < -0.4 is 26.1 Å². The lowest BCUT2D eigenvalue weighted by Crippen LogP contribution is -2.32. The van der Waals surface area contributed by atoms with E-state index in [1.165, 1.54) is 5.56 Å². The van der Waals surface area contributed by atoms with E-state index < -0.39 is 10.4 Å². The van der Waals surface area contributed by atoms with Gasteiger partial charge in [0.2, 0.25) is 10.4 Å².